The molecule has 0 fully saturated rings. The summed E-state index contributed by atoms with van der Waals surface area (Å²) in [6.07, 6.45) is 0. The number of fused-ring (bicyclic) bond motifs is 1. The molecule has 37 heavy (non-hydrogen) atoms. The Hall–Kier alpha value is -2.74. The Balaban J connectivity index is 1.73. The summed E-state index contributed by atoms with van der Waals surface area (Å²) in [5.74, 6) is -0.938. The Morgan fingerprint density at radius 1 is 1.00 bits per heavy atom. The van der Waals surface area contributed by atoms with Gasteiger partial charge in [-0.15, -0.1) is 11.3 Å². The Labute approximate surface area is 213 Å². The van der Waals surface area contributed by atoms with Crippen LogP contribution in [0.3, 0.4) is 0 Å². The zero-order chi connectivity index (χ0) is 27.2. The van der Waals surface area contributed by atoms with Gasteiger partial charge in [0.15, 0.2) is 5.82 Å². The summed E-state index contributed by atoms with van der Waals surface area (Å²) >= 11 is 1.14. The van der Waals surface area contributed by atoms with Crippen LogP contribution >= 0.6 is 26.5 Å². The number of benzene rings is 2. The standard InChI is InChI=1S/C20H19FN4O8P2S2/c1-11-5-6-14(10-16(11)21)37(32,33)25-13-4-2-3-12(9-13)17-22-18(15-7-8-36-19(15)23-17)24-20(34(26,27)28)35(29,30)31/h2-10,20,25H,1H3,(H,22,23,24)(H2,26,27,28)(H2,29,30,31). The van der Waals surface area contributed by atoms with Crippen LogP contribution in [0.25, 0.3) is 21.6 Å². The first kappa shape index (κ1) is 27.3. The van der Waals surface area contributed by atoms with Crippen LogP contribution in [0.2, 0.25) is 0 Å². The molecule has 12 nitrogen and oxygen atoms in total. The van der Waals surface area contributed by atoms with Gasteiger partial charge in [0.1, 0.15) is 16.5 Å². The van der Waals surface area contributed by atoms with E-state index in [1.165, 1.54) is 49.4 Å². The maximum absolute atomic E-state index is 13.9. The van der Waals surface area contributed by atoms with Gasteiger partial charge in [0, 0.05) is 11.3 Å². The molecule has 4 aromatic rings. The lowest BCUT2D eigenvalue weighted by atomic mass is 10.2. The van der Waals surface area contributed by atoms with E-state index in [4.69, 9.17) is 0 Å². The second-order valence-corrected chi connectivity index (χ2v) is 14.2. The molecule has 0 atom stereocenters. The molecular weight excluding hydrogens is 569 g/mol. The molecule has 0 unspecified atom stereocenters. The van der Waals surface area contributed by atoms with Gasteiger partial charge in [-0.05, 0) is 48.2 Å². The maximum atomic E-state index is 13.9. The summed E-state index contributed by atoms with van der Waals surface area (Å²) in [6.45, 7) is 1.50. The van der Waals surface area contributed by atoms with Crippen molar-refractivity contribution in [1.29, 1.82) is 0 Å². The molecule has 0 spiro atoms. The molecule has 0 aliphatic carbocycles. The number of halogens is 1. The number of sulfonamides is 1. The van der Waals surface area contributed by atoms with Gasteiger partial charge in [0.2, 0.25) is 5.52 Å². The third-order valence-electron chi connectivity index (χ3n) is 5.05. The number of thiophene rings is 1. The van der Waals surface area contributed by atoms with Crippen LogP contribution in [0.4, 0.5) is 15.9 Å². The van der Waals surface area contributed by atoms with Gasteiger partial charge in [0.25, 0.3) is 10.0 Å². The number of rotatable bonds is 8. The molecular formula is C20H19FN4O8P2S2. The fourth-order valence-electron chi connectivity index (χ4n) is 3.26. The zero-order valence-corrected chi connectivity index (χ0v) is 22.1. The van der Waals surface area contributed by atoms with E-state index in [2.05, 4.69) is 20.0 Å². The normalized spacial score (nSPS) is 12.7. The van der Waals surface area contributed by atoms with E-state index >= 15 is 0 Å². The van der Waals surface area contributed by atoms with Crippen molar-refractivity contribution in [3.63, 3.8) is 0 Å². The minimum Gasteiger partial charge on any atom is -0.346 e. The number of aryl methyl sites for hydroxylation is 1. The molecule has 0 amide bonds. The number of nitrogens with zero attached hydrogens (tertiary/aromatic N) is 2. The van der Waals surface area contributed by atoms with Crippen LogP contribution in [-0.4, -0.2) is 43.5 Å². The van der Waals surface area contributed by atoms with E-state index in [-0.39, 0.29) is 38.7 Å². The maximum Gasteiger partial charge on any atom is 0.360 e. The highest BCUT2D eigenvalue weighted by molar-refractivity contribution is 7.92. The molecule has 0 saturated carbocycles. The molecule has 0 saturated heterocycles. The van der Waals surface area contributed by atoms with Gasteiger partial charge in [-0.2, -0.15) is 0 Å². The molecule has 0 bridgehead atoms. The van der Waals surface area contributed by atoms with Gasteiger partial charge in [-0.25, -0.2) is 22.8 Å². The van der Waals surface area contributed by atoms with Crippen LogP contribution in [-0.2, 0) is 19.2 Å². The average Bonchev–Trinajstić information content (AvgIpc) is 3.26. The summed E-state index contributed by atoms with van der Waals surface area (Å²) < 4.78 is 65.3. The van der Waals surface area contributed by atoms with E-state index in [0.717, 1.165) is 17.4 Å². The predicted octanol–water partition coefficient (Wildman–Crippen LogP) is 3.66. The lowest BCUT2D eigenvalue weighted by Gasteiger charge is -2.21. The Bertz CT molecular complexity index is 1680. The Morgan fingerprint density at radius 3 is 2.35 bits per heavy atom. The van der Waals surface area contributed by atoms with Gasteiger partial charge < -0.3 is 24.9 Å². The number of aromatic nitrogens is 2. The molecule has 4 rings (SSSR count). The topological polar surface area (TPSA) is 199 Å². The van der Waals surface area contributed by atoms with Gasteiger partial charge >= 0.3 is 15.2 Å². The van der Waals surface area contributed by atoms with Crippen molar-refractivity contribution in [2.24, 2.45) is 0 Å². The van der Waals surface area contributed by atoms with E-state index in [1.807, 2.05) is 0 Å². The van der Waals surface area contributed by atoms with Crippen molar-refractivity contribution in [2.45, 2.75) is 17.3 Å². The van der Waals surface area contributed by atoms with Crippen LogP contribution in [0.1, 0.15) is 5.56 Å². The average molecular weight is 588 g/mol. The number of hydrogen-bond donors (Lipinski definition) is 6. The number of hydrogen-bond acceptors (Lipinski definition) is 8. The monoisotopic (exact) mass is 588 g/mol. The van der Waals surface area contributed by atoms with Crippen molar-refractivity contribution < 1.29 is 41.5 Å². The van der Waals surface area contributed by atoms with Crippen LogP contribution in [0.15, 0.2) is 58.8 Å². The van der Waals surface area contributed by atoms with Crippen molar-refractivity contribution in [3.05, 3.63) is 65.3 Å². The highest BCUT2D eigenvalue weighted by atomic mass is 32.2. The first-order chi connectivity index (χ1) is 17.1. The lowest BCUT2D eigenvalue weighted by Crippen LogP contribution is -2.21. The largest absolute Gasteiger partial charge is 0.360 e. The first-order valence-electron chi connectivity index (χ1n) is 10.2. The fourth-order valence-corrected chi connectivity index (χ4v) is 7.23. The molecule has 0 radical (unpaired) electrons. The van der Waals surface area contributed by atoms with Gasteiger partial charge in [-0.1, -0.05) is 18.2 Å². The number of anilines is 2. The SMILES string of the molecule is Cc1ccc(S(=O)(=O)Nc2cccc(-c3nc(NC(P(=O)(O)O)P(=O)(O)O)c4ccsc4n3)c2)cc1F. The second-order valence-electron chi connectivity index (χ2n) is 7.83. The third-order valence-corrected chi connectivity index (χ3v) is 10.6. The third kappa shape index (κ3) is 6.06. The summed E-state index contributed by atoms with van der Waals surface area (Å²) in [4.78, 5) is 46.5. The zero-order valence-electron chi connectivity index (χ0n) is 18.7. The minimum atomic E-state index is -5.31. The highest BCUT2D eigenvalue weighted by Gasteiger charge is 2.44. The molecule has 2 aromatic heterocycles. The molecule has 0 aliphatic rings. The summed E-state index contributed by atoms with van der Waals surface area (Å²) in [5, 5.41) is 4.03. The van der Waals surface area contributed by atoms with Crippen molar-refractivity contribution in [1.82, 2.24) is 9.97 Å². The smallest absolute Gasteiger partial charge is 0.346 e. The quantitative estimate of drug-likeness (QED) is 0.164. The van der Waals surface area contributed by atoms with E-state index in [0.29, 0.717) is 4.83 Å². The molecule has 6 N–H and O–H groups in total. The molecule has 0 aliphatic heterocycles. The summed E-state index contributed by atoms with van der Waals surface area (Å²) in [6, 6.07) is 10.8. The molecule has 196 valence electrons. The van der Waals surface area contributed by atoms with Crippen molar-refractivity contribution in [2.75, 3.05) is 10.0 Å². The van der Waals surface area contributed by atoms with Gasteiger partial charge in [0.05, 0.1) is 10.3 Å². The summed E-state index contributed by atoms with van der Waals surface area (Å²) in [5.41, 5.74) is -1.89. The second kappa shape index (κ2) is 9.86. The van der Waals surface area contributed by atoms with Crippen LogP contribution in [0, 0.1) is 12.7 Å². The Morgan fingerprint density at radius 2 is 1.70 bits per heavy atom. The van der Waals surface area contributed by atoms with Gasteiger partial charge in [-0.3, -0.25) is 13.9 Å². The lowest BCUT2D eigenvalue weighted by molar-refractivity contribution is 0.343. The van der Waals surface area contributed by atoms with Crippen LogP contribution in [0.5, 0.6) is 0 Å². The first-order valence-corrected chi connectivity index (χ1v) is 15.9. The predicted molar refractivity (Wildman–Crippen MR) is 136 cm³/mol. The van der Waals surface area contributed by atoms with E-state index in [1.54, 1.807) is 5.38 Å². The summed E-state index contributed by atoms with van der Waals surface area (Å²) in [7, 11) is -14.8. The molecule has 2 heterocycles. The van der Waals surface area contributed by atoms with Crippen LogP contribution < -0.4 is 10.0 Å². The van der Waals surface area contributed by atoms with E-state index in [9.17, 15) is 41.5 Å². The Kier molecular flexibility index (Phi) is 7.27. The van der Waals surface area contributed by atoms with E-state index < -0.39 is 36.6 Å². The van der Waals surface area contributed by atoms with Crippen molar-refractivity contribution in [3.8, 4) is 11.4 Å². The highest BCUT2D eigenvalue weighted by Crippen LogP contribution is 2.59. The molecule has 2 aromatic carbocycles. The minimum absolute atomic E-state index is 0.0185. The number of nitrogens with one attached hydrogen (secondary N) is 2. The molecule has 17 heteroatoms. The fraction of sp³-hybridized carbons (Fsp3) is 0.100. The van der Waals surface area contributed by atoms with Crippen molar-refractivity contribution >= 4 is 58.3 Å².